The smallest absolute Gasteiger partial charge is 0.411 e. The Kier molecular flexibility index (Phi) is 6.02. The maximum Gasteiger partial charge on any atom is 0.411 e. The van der Waals surface area contributed by atoms with Gasteiger partial charge in [0, 0.05) is 7.11 Å². The molecule has 5 heteroatoms. The van der Waals surface area contributed by atoms with Gasteiger partial charge in [0.2, 0.25) is 0 Å². The van der Waals surface area contributed by atoms with Crippen molar-refractivity contribution in [3.63, 3.8) is 0 Å². The summed E-state index contributed by atoms with van der Waals surface area (Å²) in [5, 5.41) is 0. The van der Waals surface area contributed by atoms with Crippen LogP contribution in [0.1, 0.15) is 40.5 Å². The van der Waals surface area contributed by atoms with Gasteiger partial charge in [-0.1, -0.05) is 6.08 Å². The zero-order valence-electron chi connectivity index (χ0n) is 13.2. The van der Waals surface area contributed by atoms with Crippen LogP contribution in [0.4, 0.5) is 4.79 Å². The highest BCUT2D eigenvalue weighted by molar-refractivity contribution is 5.69. The number of hydrogen-bond donors (Lipinski definition) is 0. The first-order valence-electron chi connectivity index (χ1n) is 7.04. The summed E-state index contributed by atoms with van der Waals surface area (Å²) in [6, 6.07) is -0.0843. The van der Waals surface area contributed by atoms with E-state index in [-0.39, 0.29) is 31.1 Å². The number of hydrogen-bond acceptors (Lipinski definition) is 4. The first kappa shape index (κ1) is 17.0. The maximum absolute atomic E-state index is 12.4. The van der Waals surface area contributed by atoms with Crippen LogP contribution < -0.4 is 0 Å². The van der Waals surface area contributed by atoms with E-state index in [1.165, 1.54) is 0 Å². The van der Waals surface area contributed by atoms with Crippen molar-refractivity contribution in [1.29, 1.82) is 0 Å². The molecule has 1 fully saturated rings. The van der Waals surface area contributed by atoms with E-state index >= 15 is 0 Å². The molecular formula is C15H27NO4. The third-order valence-corrected chi connectivity index (χ3v) is 3.36. The van der Waals surface area contributed by atoms with Crippen molar-refractivity contribution in [2.24, 2.45) is 0 Å². The zero-order chi connectivity index (χ0) is 15.3. The Bertz CT molecular complexity index is 337. The number of amides is 1. The summed E-state index contributed by atoms with van der Waals surface area (Å²) in [4.78, 5) is 14.1. The second-order valence-corrected chi connectivity index (χ2v) is 6.12. The van der Waals surface area contributed by atoms with Gasteiger partial charge in [0.25, 0.3) is 0 Å². The average molecular weight is 285 g/mol. The summed E-state index contributed by atoms with van der Waals surface area (Å²) in [6.07, 6.45) is 3.13. The first-order chi connectivity index (χ1) is 9.30. The van der Waals surface area contributed by atoms with Gasteiger partial charge in [0.15, 0.2) is 0 Å². The summed E-state index contributed by atoms with van der Waals surface area (Å²) in [5.74, 6) is 0. The lowest BCUT2D eigenvalue weighted by Crippen LogP contribution is -2.55. The lowest BCUT2D eigenvalue weighted by atomic mass is 9.94. The van der Waals surface area contributed by atoms with Crippen LogP contribution in [-0.2, 0) is 14.2 Å². The van der Waals surface area contributed by atoms with E-state index in [1.54, 1.807) is 18.1 Å². The third-order valence-electron chi connectivity index (χ3n) is 3.36. The highest BCUT2D eigenvalue weighted by Crippen LogP contribution is 2.28. The monoisotopic (exact) mass is 285 g/mol. The summed E-state index contributed by atoms with van der Waals surface area (Å²) >= 11 is 0. The van der Waals surface area contributed by atoms with Crippen molar-refractivity contribution in [3.05, 3.63) is 12.7 Å². The summed E-state index contributed by atoms with van der Waals surface area (Å²) < 4.78 is 16.1. The second-order valence-electron chi connectivity index (χ2n) is 6.12. The van der Waals surface area contributed by atoms with Crippen LogP contribution in [0.2, 0.25) is 0 Å². The van der Waals surface area contributed by atoms with Gasteiger partial charge in [-0.05, 0) is 40.5 Å². The topological polar surface area (TPSA) is 48.0 Å². The minimum atomic E-state index is -0.511. The number of likely N-dealkylation sites (tertiary alicyclic amines) is 1. The van der Waals surface area contributed by atoms with Gasteiger partial charge < -0.3 is 14.2 Å². The molecule has 0 spiro atoms. The number of rotatable bonds is 4. The molecule has 1 heterocycles. The molecule has 3 atom stereocenters. The van der Waals surface area contributed by atoms with Crippen LogP contribution in [0.15, 0.2) is 12.7 Å². The molecule has 1 aliphatic heterocycles. The van der Waals surface area contributed by atoms with E-state index in [9.17, 15) is 4.79 Å². The molecule has 0 N–H and O–H groups in total. The predicted molar refractivity (Wildman–Crippen MR) is 77.5 cm³/mol. The molecule has 0 saturated carbocycles. The van der Waals surface area contributed by atoms with Crippen LogP contribution in [0, 0.1) is 0 Å². The van der Waals surface area contributed by atoms with E-state index in [1.807, 2.05) is 27.7 Å². The van der Waals surface area contributed by atoms with Gasteiger partial charge >= 0.3 is 6.09 Å². The molecular weight excluding hydrogens is 258 g/mol. The summed E-state index contributed by atoms with van der Waals surface area (Å²) in [6.45, 7) is 11.6. The third kappa shape index (κ3) is 4.49. The Balaban J connectivity index is 2.80. The number of nitrogens with zero attached hydrogens (tertiary/aromatic N) is 1. The lowest BCUT2D eigenvalue weighted by molar-refractivity contribution is -0.116. The van der Waals surface area contributed by atoms with Gasteiger partial charge in [-0.3, -0.25) is 4.90 Å². The van der Waals surface area contributed by atoms with E-state index in [4.69, 9.17) is 14.2 Å². The molecule has 20 heavy (non-hydrogen) atoms. The van der Waals surface area contributed by atoms with Gasteiger partial charge in [-0.25, -0.2) is 4.79 Å². The van der Waals surface area contributed by atoms with Gasteiger partial charge in [-0.15, -0.1) is 6.58 Å². The van der Waals surface area contributed by atoms with E-state index < -0.39 is 5.60 Å². The fourth-order valence-electron chi connectivity index (χ4n) is 2.42. The van der Waals surface area contributed by atoms with Crippen molar-refractivity contribution in [2.45, 2.75) is 64.3 Å². The number of ether oxygens (including phenoxy) is 3. The van der Waals surface area contributed by atoms with Gasteiger partial charge in [0.05, 0.1) is 18.2 Å². The lowest BCUT2D eigenvalue weighted by Gasteiger charge is -2.43. The Morgan fingerprint density at radius 3 is 2.55 bits per heavy atom. The standard InChI is InChI=1S/C15H27NO4/c1-7-12-8-9-13(19-10-18-6)11(2)16(12)14(17)20-15(3,4)5/h7,11-13H,1,8-10H2,2-6H3/t11-,12-,13-/m1/s1. The molecule has 0 aromatic rings. The first-order valence-corrected chi connectivity index (χ1v) is 7.04. The Labute approximate surface area is 121 Å². The molecule has 0 radical (unpaired) electrons. The molecule has 1 amide bonds. The highest BCUT2D eigenvalue weighted by atomic mass is 16.7. The van der Waals surface area contributed by atoms with Crippen molar-refractivity contribution in [2.75, 3.05) is 13.9 Å². The fourth-order valence-corrected chi connectivity index (χ4v) is 2.42. The van der Waals surface area contributed by atoms with Crippen molar-refractivity contribution >= 4 is 6.09 Å². The molecule has 0 unspecified atom stereocenters. The zero-order valence-corrected chi connectivity index (χ0v) is 13.2. The second kappa shape index (κ2) is 7.09. The molecule has 1 aliphatic rings. The van der Waals surface area contributed by atoms with Crippen LogP contribution in [0.3, 0.4) is 0 Å². The van der Waals surface area contributed by atoms with E-state index in [0.717, 1.165) is 12.8 Å². The highest BCUT2D eigenvalue weighted by Gasteiger charge is 2.38. The molecule has 0 bridgehead atoms. The van der Waals surface area contributed by atoms with Crippen LogP contribution >= 0.6 is 0 Å². The number of methoxy groups -OCH3 is 1. The van der Waals surface area contributed by atoms with Crippen molar-refractivity contribution in [3.8, 4) is 0 Å². The number of piperidine rings is 1. The molecule has 1 rings (SSSR count). The average Bonchev–Trinajstić information content (AvgIpc) is 2.34. The number of carbonyl (C=O) groups excluding carboxylic acids is 1. The van der Waals surface area contributed by atoms with Gasteiger partial charge in [-0.2, -0.15) is 0 Å². The van der Waals surface area contributed by atoms with E-state index in [0.29, 0.717) is 0 Å². The minimum Gasteiger partial charge on any atom is -0.444 e. The number of carbonyl (C=O) groups is 1. The normalized spacial score (nSPS) is 27.2. The molecule has 0 aliphatic carbocycles. The Morgan fingerprint density at radius 2 is 2.05 bits per heavy atom. The molecule has 1 saturated heterocycles. The van der Waals surface area contributed by atoms with Crippen LogP contribution in [0.25, 0.3) is 0 Å². The maximum atomic E-state index is 12.4. The molecule has 0 aromatic heterocycles. The predicted octanol–water partition coefficient (Wildman–Crippen LogP) is 2.95. The summed E-state index contributed by atoms with van der Waals surface area (Å²) in [7, 11) is 1.59. The molecule has 116 valence electrons. The quantitative estimate of drug-likeness (QED) is 0.588. The Hall–Kier alpha value is -1.07. The molecule has 0 aromatic carbocycles. The van der Waals surface area contributed by atoms with Crippen molar-refractivity contribution in [1.82, 2.24) is 4.90 Å². The SMILES string of the molecule is C=C[C@@H]1CC[C@@H](OCOC)[C@@H](C)N1C(=O)OC(C)(C)C. The molecule has 5 nitrogen and oxygen atoms in total. The van der Waals surface area contributed by atoms with Crippen LogP contribution in [-0.4, -0.2) is 48.7 Å². The van der Waals surface area contributed by atoms with Crippen LogP contribution in [0.5, 0.6) is 0 Å². The van der Waals surface area contributed by atoms with Crippen molar-refractivity contribution < 1.29 is 19.0 Å². The summed E-state index contributed by atoms with van der Waals surface area (Å²) in [5.41, 5.74) is -0.511. The largest absolute Gasteiger partial charge is 0.444 e. The Morgan fingerprint density at radius 1 is 1.40 bits per heavy atom. The minimum absolute atomic E-state index is 0.0118. The van der Waals surface area contributed by atoms with Gasteiger partial charge in [0.1, 0.15) is 12.4 Å². The fraction of sp³-hybridized carbons (Fsp3) is 0.800. The van der Waals surface area contributed by atoms with E-state index in [2.05, 4.69) is 6.58 Å².